The maximum atomic E-state index is 13.3. The van der Waals surface area contributed by atoms with Crippen LogP contribution in [-0.4, -0.2) is 24.6 Å². The van der Waals surface area contributed by atoms with Crippen molar-refractivity contribution in [2.75, 3.05) is 0 Å². The van der Waals surface area contributed by atoms with Gasteiger partial charge in [0.15, 0.2) is 11.5 Å². The Bertz CT molecular complexity index is 820. The van der Waals surface area contributed by atoms with Gasteiger partial charge in [0.1, 0.15) is 5.82 Å². The second kappa shape index (κ2) is 4.54. The largest absolute Gasteiger partial charge is 0.303 e. The van der Waals surface area contributed by atoms with Gasteiger partial charge >= 0.3 is 5.92 Å². The molecule has 0 aliphatic rings. The summed E-state index contributed by atoms with van der Waals surface area (Å²) in [6.45, 7) is 4.47. The highest BCUT2D eigenvalue weighted by molar-refractivity contribution is 5.63. The zero-order valence-electron chi connectivity index (χ0n) is 11.8. The maximum absolute atomic E-state index is 13.3. The molecule has 0 saturated carbocycles. The number of alkyl halides is 2. The van der Waals surface area contributed by atoms with E-state index in [4.69, 9.17) is 0 Å². The summed E-state index contributed by atoms with van der Waals surface area (Å²) in [4.78, 5) is 11.9. The van der Waals surface area contributed by atoms with E-state index >= 15 is 0 Å². The fraction of sp³-hybridized carbons (Fsp3) is 0.286. The quantitative estimate of drug-likeness (QED) is 0.728. The van der Waals surface area contributed by atoms with Crippen LogP contribution in [0.15, 0.2) is 24.5 Å². The number of rotatable bonds is 2. The summed E-state index contributed by atoms with van der Waals surface area (Å²) < 4.78 is 28.3. The fourth-order valence-corrected chi connectivity index (χ4v) is 2.13. The maximum Gasteiger partial charge on any atom is 0.303 e. The number of pyridine rings is 1. The van der Waals surface area contributed by atoms with Crippen LogP contribution in [0.25, 0.3) is 16.9 Å². The summed E-state index contributed by atoms with van der Waals surface area (Å²) >= 11 is 0. The Morgan fingerprint density at radius 1 is 1.19 bits per heavy atom. The third-order valence-electron chi connectivity index (χ3n) is 3.07. The minimum absolute atomic E-state index is 0.430. The third-order valence-corrected chi connectivity index (χ3v) is 3.07. The molecule has 0 unspecified atom stereocenters. The van der Waals surface area contributed by atoms with Crippen LogP contribution in [0.5, 0.6) is 0 Å². The van der Waals surface area contributed by atoms with Gasteiger partial charge in [-0.2, -0.15) is 13.9 Å². The average Bonchev–Trinajstić information content (AvgIpc) is 2.79. The summed E-state index contributed by atoms with van der Waals surface area (Å²) in [5.74, 6) is -2.91. The number of aryl methyl sites for hydroxylation is 2. The minimum atomic E-state index is -3.07. The predicted octanol–water partition coefficient (Wildman–Crippen LogP) is 2.91. The summed E-state index contributed by atoms with van der Waals surface area (Å²) in [7, 11) is 0. The number of hydrogen-bond acceptors (Lipinski definition) is 4. The van der Waals surface area contributed by atoms with Crippen LogP contribution >= 0.6 is 0 Å². The number of halogens is 2. The van der Waals surface area contributed by atoms with E-state index in [0.29, 0.717) is 17.1 Å². The van der Waals surface area contributed by atoms with Gasteiger partial charge < -0.3 is 0 Å². The van der Waals surface area contributed by atoms with Gasteiger partial charge in [0.25, 0.3) is 0 Å². The van der Waals surface area contributed by atoms with Gasteiger partial charge in [-0.3, -0.25) is 0 Å². The molecule has 0 aliphatic heterocycles. The molecule has 3 heterocycles. The van der Waals surface area contributed by atoms with Crippen LogP contribution in [0.2, 0.25) is 0 Å². The molecule has 0 fully saturated rings. The zero-order valence-corrected chi connectivity index (χ0v) is 11.8. The van der Waals surface area contributed by atoms with Gasteiger partial charge in [0.05, 0.1) is 5.69 Å². The molecule has 0 bridgehead atoms. The molecular weight excluding hydrogens is 276 g/mol. The van der Waals surface area contributed by atoms with Crippen molar-refractivity contribution < 1.29 is 8.78 Å². The van der Waals surface area contributed by atoms with E-state index in [1.54, 1.807) is 23.7 Å². The number of nitrogens with zero attached hydrogens (tertiary/aromatic N) is 5. The Hall–Kier alpha value is -2.44. The molecule has 0 saturated heterocycles. The van der Waals surface area contributed by atoms with Gasteiger partial charge in [0.2, 0.25) is 0 Å². The fourth-order valence-electron chi connectivity index (χ4n) is 2.13. The highest BCUT2D eigenvalue weighted by Crippen LogP contribution is 2.26. The molecule has 0 N–H and O–H groups in total. The van der Waals surface area contributed by atoms with Crippen molar-refractivity contribution in [1.82, 2.24) is 24.6 Å². The Morgan fingerprint density at radius 3 is 2.67 bits per heavy atom. The lowest BCUT2D eigenvalue weighted by atomic mass is 10.1. The van der Waals surface area contributed by atoms with Gasteiger partial charge in [-0.1, -0.05) is 0 Å². The van der Waals surface area contributed by atoms with Crippen molar-refractivity contribution in [2.24, 2.45) is 0 Å². The standard InChI is InChI=1S/C14H13F2N5/c1-8-6-10(7-21-12(8)18-9(2)20-21)11-4-5-17-13(19-11)14(3,15)16/h4-7H,1-3H3. The van der Waals surface area contributed by atoms with Crippen molar-refractivity contribution in [3.05, 3.63) is 41.7 Å². The van der Waals surface area contributed by atoms with Gasteiger partial charge in [0, 0.05) is 24.9 Å². The SMILES string of the molecule is Cc1nc2c(C)cc(-c3ccnc(C(C)(F)F)n3)cn2n1. The number of hydrogen-bond donors (Lipinski definition) is 0. The first-order valence-corrected chi connectivity index (χ1v) is 6.40. The van der Waals surface area contributed by atoms with Crippen molar-refractivity contribution in [3.8, 4) is 11.3 Å². The zero-order chi connectivity index (χ0) is 15.2. The van der Waals surface area contributed by atoms with E-state index in [2.05, 4.69) is 20.1 Å². The summed E-state index contributed by atoms with van der Waals surface area (Å²) in [5, 5.41) is 4.25. The molecule has 0 atom stereocenters. The molecular formula is C14H13F2N5. The summed E-state index contributed by atoms with van der Waals surface area (Å²) in [5.41, 5.74) is 2.76. The Morgan fingerprint density at radius 2 is 1.95 bits per heavy atom. The van der Waals surface area contributed by atoms with E-state index in [-0.39, 0.29) is 0 Å². The van der Waals surface area contributed by atoms with Gasteiger partial charge in [-0.15, -0.1) is 0 Å². The van der Waals surface area contributed by atoms with Crippen LogP contribution < -0.4 is 0 Å². The molecule has 3 aromatic heterocycles. The second-order valence-electron chi connectivity index (χ2n) is 4.99. The smallest absolute Gasteiger partial charge is 0.236 e. The predicted molar refractivity (Wildman–Crippen MR) is 73.1 cm³/mol. The normalized spacial score (nSPS) is 12.0. The Balaban J connectivity index is 2.16. The number of fused-ring (bicyclic) bond motifs is 1. The second-order valence-corrected chi connectivity index (χ2v) is 4.99. The molecule has 3 aromatic rings. The molecule has 0 aromatic carbocycles. The number of aromatic nitrogens is 5. The lowest BCUT2D eigenvalue weighted by Gasteiger charge is -2.10. The topological polar surface area (TPSA) is 56.0 Å². The van der Waals surface area contributed by atoms with E-state index < -0.39 is 11.7 Å². The van der Waals surface area contributed by atoms with Crippen LogP contribution in [-0.2, 0) is 5.92 Å². The first kappa shape index (κ1) is 13.5. The first-order valence-electron chi connectivity index (χ1n) is 6.40. The van der Waals surface area contributed by atoms with Crippen molar-refractivity contribution in [1.29, 1.82) is 0 Å². The van der Waals surface area contributed by atoms with Crippen LogP contribution in [0, 0.1) is 13.8 Å². The van der Waals surface area contributed by atoms with E-state index in [9.17, 15) is 8.78 Å². The highest BCUT2D eigenvalue weighted by Gasteiger charge is 2.28. The molecule has 0 spiro atoms. The van der Waals surface area contributed by atoms with Gasteiger partial charge in [-0.25, -0.2) is 19.5 Å². The monoisotopic (exact) mass is 289 g/mol. The minimum Gasteiger partial charge on any atom is -0.236 e. The third kappa shape index (κ3) is 2.46. The molecule has 5 nitrogen and oxygen atoms in total. The highest BCUT2D eigenvalue weighted by atomic mass is 19.3. The molecule has 21 heavy (non-hydrogen) atoms. The van der Waals surface area contributed by atoms with Gasteiger partial charge in [-0.05, 0) is 31.5 Å². The van der Waals surface area contributed by atoms with E-state index in [1.165, 1.54) is 6.20 Å². The Labute approximate surface area is 119 Å². The van der Waals surface area contributed by atoms with Crippen LogP contribution in [0.4, 0.5) is 8.78 Å². The summed E-state index contributed by atoms with van der Waals surface area (Å²) in [6.07, 6.45) is 3.06. The molecule has 0 radical (unpaired) electrons. The molecule has 0 aliphatic carbocycles. The first-order chi connectivity index (χ1) is 9.84. The molecule has 7 heteroatoms. The molecule has 3 rings (SSSR count). The average molecular weight is 289 g/mol. The molecule has 108 valence electrons. The molecule has 0 amide bonds. The lowest BCUT2D eigenvalue weighted by Crippen LogP contribution is -2.12. The van der Waals surface area contributed by atoms with Crippen molar-refractivity contribution in [3.63, 3.8) is 0 Å². The van der Waals surface area contributed by atoms with E-state index in [0.717, 1.165) is 18.1 Å². The van der Waals surface area contributed by atoms with Crippen molar-refractivity contribution in [2.45, 2.75) is 26.7 Å². The van der Waals surface area contributed by atoms with Crippen LogP contribution in [0.1, 0.15) is 24.1 Å². The lowest BCUT2D eigenvalue weighted by molar-refractivity contribution is 0.00779. The van der Waals surface area contributed by atoms with Crippen molar-refractivity contribution >= 4 is 5.65 Å². The Kier molecular flexibility index (Phi) is 2.93. The van der Waals surface area contributed by atoms with E-state index in [1.807, 2.05) is 13.0 Å². The summed E-state index contributed by atoms with van der Waals surface area (Å²) in [6, 6.07) is 3.45. The van der Waals surface area contributed by atoms with Crippen LogP contribution in [0.3, 0.4) is 0 Å².